The van der Waals surface area contributed by atoms with Gasteiger partial charge in [-0.1, -0.05) is 22.0 Å². The lowest BCUT2D eigenvalue weighted by atomic mass is 10.3. The monoisotopic (exact) mass is 373 g/mol. The Morgan fingerprint density at radius 1 is 1.29 bits per heavy atom. The number of pyridine rings is 1. The SMILES string of the molecule is CNCc1ccc(S(=O)(=O)Nc2ccc(Br)cc2F)nc1. The summed E-state index contributed by atoms with van der Waals surface area (Å²) in [5, 5.41) is 2.77. The second-order valence-electron chi connectivity index (χ2n) is 4.26. The number of nitrogens with one attached hydrogen (secondary N) is 2. The first-order valence-corrected chi connectivity index (χ1v) is 8.27. The smallest absolute Gasteiger partial charge is 0.279 e. The third-order valence-electron chi connectivity index (χ3n) is 2.63. The third kappa shape index (κ3) is 3.99. The fourth-order valence-corrected chi connectivity index (χ4v) is 2.98. The number of anilines is 1. The van der Waals surface area contributed by atoms with Crippen LogP contribution in [0.2, 0.25) is 0 Å². The van der Waals surface area contributed by atoms with E-state index < -0.39 is 15.8 Å². The van der Waals surface area contributed by atoms with Crippen LogP contribution in [0.25, 0.3) is 0 Å². The summed E-state index contributed by atoms with van der Waals surface area (Å²) in [5.41, 5.74) is 0.727. The number of nitrogens with zero attached hydrogens (tertiary/aromatic N) is 1. The molecule has 0 bridgehead atoms. The molecule has 0 fully saturated rings. The number of hydrogen-bond acceptors (Lipinski definition) is 4. The zero-order valence-electron chi connectivity index (χ0n) is 11.1. The molecule has 8 heteroatoms. The highest BCUT2D eigenvalue weighted by Crippen LogP contribution is 2.22. The van der Waals surface area contributed by atoms with E-state index in [2.05, 4.69) is 31.0 Å². The van der Waals surface area contributed by atoms with Crippen molar-refractivity contribution in [2.45, 2.75) is 11.6 Å². The highest BCUT2D eigenvalue weighted by atomic mass is 79.9. The van der Waals surface area contributed by atoms with Gasteiger partial charge >= 0.3 is 0 Å². The van der Waals surface area contributed by atoms with Crippen molar-refractivity contribution in [2.75, 3.05) is 11.8 Å². The molecule has 1 aromatic carbocycles. The van der Waals surface area contributed by atoms with Crippen LogP contribution in [0.1, 0.15) is 5.56 Å². The van der Waals surface area contributed by atoms with Crippen LogP contribution in [0, 0.1) is 5.82 Å². The largest absolute Gasteiger partial charge is 0.316 e. The van der Waals surface area contributed by atoms with Crippen molar-refractivity contribution < 1.29 is 12.8 Å². The fraction of sp³-hybridized carbons (Fsp3) is 0.154. The van der Waals surface area contributed by atoms with Gasteiger partial charge in [0.15, 0.2) is 5.03 Å². The van der Waals surface area contributed by atoms with E-state index in [1.165, 1.54) is 24.4 Å². The molecule has 0 aliphatic heterocycles. The molecule has 0 atom stereocenters. The van der Waals surface area contributed by atoms with E-state index in [1.54, 1.807) is 19.2 Å². The second-order valence-corrected chi connectivity index (χ2v) is 6.81. The lowest BCUT2D eigenvalue weighted by Gasteiger charge is -2.09. The first kappa shape index (κ1) is 15.9. The van der Waals surface area contributed by atoms with Crippen LogP contribution < -0.4 is 10.0 Å². The number of rotatable bonds is 5. The minimum absolute atomic E-state index is 0.126. The molecule has 0 radical (unpaired) electrons. The minimum Gasteiger partial charge on any atom is -0.316 e. The molecule has 2 aromatic rings. The maximum atomic E-state index is 13.7. The van der Waals surface area contributed by atoms with Crippen molar-refractivity contribution >= 4 is 31.6 Å². The van der Waals surface area contributed by atoms with Crippen molar-refractivity contribution in [3.8, 4) is 0 Å². The molecule has 0 saturated carbocycles. The first-order valence-electron chi connectivity index (χ1n) is 6.00. The number of halogens is 2. The zero-order chi connectivity index (χ0) is 15.5. The summed E-state index contributed by atoms with van der Waals surface area (Å²) in [6, 6.07) is 7.10. The maximum absolute atomic E-state index is 13.7. The highest BCUT2D eigenvalue weighted by Gasteiger charge is 2.17. The number of hydrogen-bond donors (Lipinski definition) is 2. The van der Waals surface area contributed by atoms with Gasteiger partial charge in [0.1, 0.15) is 5.82 Å². The molecular formula is C13H13BrFN3O2S. The van der Waals surface area contributed by atoms with Crippen molar-refractivity contribution in [3.63, 3.8) is 0 Å². The lowest BCUT2D eigenvalue weighted by Crippen LogP contribution is -2.16. The average molecular weight is 374 g/mol. The molecule has 0 amide bonds. The Hall–Kier alpha value is -1.51. The Morgan fingerprint density at radius 3 is 2.62 bits per heavy atom. The molecule has 112 valence electrons. The van der Waals surface area contributed by atoms with Gasteiger partial charge < -0.3 is 5.32 Å². The van der Waals surface area contributed by atoms with Crippen molar-refractivity contribution in [3.05, 3.63) is 52.4 Å². The van der Waals surface area contributed by atoms with E-state index >= 15 is 0 Å². The molecule has 1 aromatic heterocycles. The van der Waals surface area contributed by atoms with Gasteiger partial charge in [0.05, 0.1) is 5.69 Å². The van der Waals surface area contributed by atoms with Crippen LogP contribution in [0.4, 0.5) is 10.1 Å². The van der Waals surface area contributed by atoms with Crippen LogP contribution in [0.15, 0.2) is 46.0 Å². The van der Waals surface area contributed by atoms with Crippen LogP contribution in [-0.2, 0) is 16.6 Å². The molecule has 1 heterocycles. The quantitative estimate of drug-likeness (QED) is 0.844. The topological polar surface area (TPSA) is 71.1 Å². The molecule has 21 heavy (non-hydrogen) atoms. The molecule has 0 aliphatic rings. The number of sulfonamides is 1. The van der Waals surface area contributed by atoms with E-state index in [-0.39, 0.29) is 10.7 Å². The minimum atomic E-state index is -3.92. The second kappa shape index (κ2) is 6.50. The molecular weight excluding hydrogens is 361 g/mol. The van der Waals surface area contributed by atoms with E-state index in [9.17, 15) is 12.8 Å². The summed E-state index contributed by atoms with van der Waals surface area (Å²) < 4.78 is 40.7. The molecule has 5 nitrogen and oxygen atoms in total. The summed E-state index contributed by atoms with van der Waals surface area (Å²) in [4.78, 5) is 3.89. The highest BCUT2D eigenvalue weighted by molar-refractivity contribution is 9.10. The van der Waals surface area contributed by atoms with E-state index in [0.29, 0.717) is 11.0 Å². The standard InChI is InChI=1S/C13H13BrFN3O2S/c1-16-7-9-2-5-13(17-8-9)21(19,20)18-12-4-3-10(14)6-11(12)15/h2-6,8,16,18H,7H2,1H3. The van der Waals surface area contributed by atoms with Crippen molar-refractivity contribution in [1.29, 1.82) is 0 Å². The maximum Gasteiger partial charge on any atom is 0.279 e. The molecule has 0 unspecified atom stereocenters. The Kier molecular flexibility index (Phi) is 4.92. The van der Waals surface area contributed by atoms with Crippen LogP contribution in [0.5, 0.6) is 0 Å². The van der Waals surface area contributed by atoms with Crippen molar-refractivity contribution in [1.82, 2.24) is 10.3 Å². The van der Waals surface area contributed by atoms with Gasteiger partial charge in [-0.2, -0.15) is 8.42 Å². The normalized spacial score (nSPS) is 11.4. The van der Waals surface area contributed by atoms with E-state index in [4.69, 9.17) is 0 Å². The summed E-state index contributed by atoms with van der Waals surface area (Å²) in [6.07, 6.45) is 1.46. The summed E-state index contributed by atoms with van der Waals surface area (Å²) in [7, 11) is -2.14. The Labute approximate surface area is 130 Å². The molecule has 2 N–H and O–H groups in total. The third-order valence-corrected chi connectivity index (χ3v) is 4.40. The van der Waals surface area contributed by atoms with Gasteiger partial charge in [-0.25, -0.2) is 9.37 Å². The first-order chi connectivity index (χ1) is 9.92. The number of aromatic nitrogens is 1. The van der Waals surface area contributed by atoms with E-state index in [1.807, 2.05) is 0 Å². The summed E-state index contributed by atoms with van der Waals surface area (Å²) >= 11 is 3.11. The summed E-state index contributed by atoms with van der Waals surface area (Å²) in [5.74, 6) is -0.667. The summed E-state index contributed by atoms with van der Waals surface area (Å²) in [6.45, 7) is 0.585. The van der Waals surface area contributed by atoms with Gasteiger partial charge in [0, 0.05) is 17.2 Å². The zero-order valence-corrected chi connectivity index (χ0v) is 13.5. The Bertz CT molecular complexity index is 736. The van der Waals surface area contributed by atoms with Gasteiger partial charge in [-0.15, -0.1) is 0 Å². The van der Waals surface area contributed by atoms with Crippen LogP contribution >= 0.6 is 15.9 Å². The molecule has 0 spiro atoms. The average Bonchev–Trinajstić information content (AvgIpc) is 2.43. The predicted molar refractivity (Wildman–Crippen MR) is 81.9 cm³/mol. The van der Waals surface area contributed by atoms with E-state index in [0.717, 1.165) is 5.56 Å². The number of benzene rings is 1. The van der Waals surface area contributed by atoms with Crippen LogP contribution in [-0.4, -0.2) is 20.4 Å². The van der Waals surface area contributed by atoms with Crippen LogP contribution in [0.3, 0.4) is 0 Å². The Morgan fingerprint density at radius 2 is 2.05 bits per heavy atom. The lowest BCUT2D eigenvalue weighted by molar-refractivity contribution is 0.595. The molecule has 2 rings (SSSR count). The predicted octanol–water partition coefficient (Wildman–Crippen LogP) is 2.50. The van der Waals surface area contributed by atoms with Gasteiger partial charge in [0.25, 0.3) is 10.0 Å². The molecule has 0 aliphatic carbocycles. The van der Waals surface area contributed by atoms with Gasteiger partial charge in [-0.05, 0) is 36.9 Å². The Balaban J connectivity index is 2.25. The van der Waals surface area contributed by atoms with Crippen molar-refractivity contribution in [2.24, 2.45) is 0 Å². The van der Waals surface area contributed by atoms with Gasteiger partial charge in [-0.3, -0.25) is 4.72 Å². The fourth-order valence-electron chi connectivity index (χ4n) is 1.65. The molecule has 0 saturated heterocycles. The van der Waals surface area contributed by atoms with Gasteiger partial charge in [0.2, 0.25) is 0 Å².